The molecule has 7 heteroatoms. The molecular formula is C19H22N2O4S. The van der Waals surface area contributed by atoms with Gasteiger partial charge in [0, 0.05) is 6.54 Å². The van der Waals surface area contributed by atoms with Crippen LogP contribution < -0.4 is 0 Å². The number of amides is 1. The Morgan fingerprint density at radius 1 is 1.35 bits per heavy atom. The van der Waals surface area contributed by atoms with Gasteiger partial charge in [-0.05, 0) is 57.6 Å². The maximum absolute atomic E-state index is 12.9. The first-order valence-electron chi connectivity index (χ1n) is 8.43. The number of Topliss-reactive ketones (excluding diaryl/α,β-unsaturated/α-hetero) is 1. The summed E-state index contributed by atoms with van der Waals surface area (Å²) >= 11 is 1.28. The number of carbonyl (C=O) groups excluding carboxylic acids is 2. The third-order valence-corrected chi connectivity index (χ3v) is 5.20. The first kappa shape index (κ1) is 18.4. The molecule has 1 amide bonds. The number of thiophene rings is 1. The van der Waals surface area contributed by atoms with Crippen molar-refractivity contribution < 1.29 is 19.1 Å². The molecule has 3 rings (SSSR count). The van der Waals surface area contributed by atoms with E-state index in [4.69, 9.17) is 4.42 Å². The largest absolute Gasteiger partial charge is 0.503 e. The fourth-order valence-electron chi connectivity index (χ4n) is 3.11. The topological polar surface area (TPSA) is 74.0 Å². The van der Waals surface area contributed by atoms with E-state index < -0.39 is 17.7 Å². The van der Waals surface area contributed by atoms with Crippen molar-refractivity contribution in [3.63, 3.8) is 0 Å². The van der Waals surface area contributed by atoms with Gasteiger partial charge in [0.05, 0.1) is 10.5 Å². The Labute approximate surface area is 156 Å². The van der Waals surface area contributed by atoms with E-state index in [2.05, 4.69) is 0 Å². The third kappa shape index (κ3) is 3.45. The predicted molar refractivity (Wildman–Crippen MR) is 99.4 cm³/mol. The summed E-state index contributed by atoms with van der Waals surface area (Å²) in [6, 6.07) is 6.31. The average molecular weight is 374 g/mol. The Morgan fingerprint density at radius 3 is 2.69 bits per heavy atom. The molecule has 2 aromatic heterocycles. The lowest BCUT2D eigenvalue weighted by atomic mass is 10.00. The van der Waals surface area contributed by atoms with Crippen molar-refractivity contribution in [3.8, 4) is 0 Å². The zero-order chi connectivity index (χ0) is 18.8. The SMILES string of the molecule is Cc1ccc(C2C(C(=O)c3cccs3)=C(O)C(=O)N2CCCN(C)C)o1. The lowest BCUT2D eigenvalue weighted by molar-refractivity contribution is -0.129. The minimum absolute atomic E-state index is 0.0941. The molecule has 1 atom stereocenters. The number of nitrogens with zero attached hydrogens (tertiary/aromatic N) is 2. The van der Waals surface area contributed by atoms with E-state index in [0.29, 0.717) is 22.9 Å². The monoisotopic (exact) mass is 374 g/mol. The Bertz CT molecular complexity index is 836. The van der Waals surface area contributed by atoms with E-state index in [1.54, 1.807) is 36.6 Å². The highest BCUT2D eigenvalue weighted by Crippen LogP contribution is 2.40. The molecule has 2 aromatic rings. The standard InChI is InChI=1S/C19H22N2O4S/c1-12-7-8-13(25-12)16-15(17(22)14-6-4-11-26-14)18(23)19(24)21(16)10-5-9-20(2)3/h4,6-8,11,16,23H,5,9-10H2,1-3H3. The average Bonchev–Trinajstić information content (AvgIpc) is 3.30. The molecule has 1 aliphatic heterocycles. The molecule has 0 saturated carbocycles. The van der Waals surface area contributed by atoms with Gasteiger partial charge >= 0.3 is 0 Å². The molecule has 0 fully saturated rings. The van der Waals surface area contributed by atoms with Gasteiger partial charge in [-0.3, -0.25) is 9.59 Å². The molecule has 0 spiro atoms. The van der Waals surface area contributed by atoms with Crippen LogP contribution in [-0.4, -0.2) is 53.8 Å². The van der Waals surface area contributed by atoms with Gasteiger partial charge in [-0.1, -0.05) is 6.07 Å². The first-order chi connectivity index (χ1) is 12.4. The van der Waals surface area contributed by atoms with Crippen molar-refractivity contribution in [2.75, 3.05) is 27.2 Å². The number of rotatable bonds is 7. The van der Waals surface area contributed by atoms with Crippen molar-refractivity contribution in [1.82, 2.24) is 9.80 Å². The van der Waals surface area contributed by atoms with Crippen molar-refractivity contribution in [2.45, 2.75) is 19.4 Å². The first-order valence-corrected chi connectivity index (χ1v) is 9.31. The van der Waals surface area contributed by atoms with Gasteiger partial charge in [-0.25, -0.2) is 0 Å². The van der Waals surface area contributed by atoms with Crippen LogP contribution >= 0.6 is 11.3 Å². The molecule has 0 saturated heterocycles. The summed E-state index contributed by atoms with van der Waals surface area (Å²) < 4.78 is 5.72. The van der Waals surface area contributed by atoms with Gasteiger partial charge in [0.2, 0.25) is 5.78 Å². The lowest BCUT2D eigenvalue weighted by Gasteiger charge is -2.25. The lowest BCUT2D eigenvalue weighted by Crippen LogP contribution is -2.33. The second-order valence-corrected chi connectivity index (χ2v) is 7.52. The highest BCUT2D eigenvalue weighted by molar-refractivity contribution is 7.12. The maximum atomic E-state index is 12.9. The normalized spacial score (nSPS) is 17.6. The molecule has 1 N–H and O–H groups in total. The Morgan fingerprint density at radius 2 is 2.12 bits per heavy atom. The Kier molecular flexibility index (Phi) is 5.29. The summed E-state index contributed by atoms with van der Waals surface area (Å²) in [6.07, 6.45) is 0.725. The van der Waals surface area contributed by atoms with Crippen molar-refractivity contribution >= 4 is 23.0 Å². The van der Waals surface area contributed by atoms with E-state index in [-0.39, 0.29) is 11.4 Å². The van der Waals surface area contributed by atoms with Crippen molar-refractivity contribution in [2.24, 2.45) is 0 Å². The molecule has 138 valence electrons. The second-order valence-electron chi connectivity index (χ2n) is 6.58. The third-order valence-electron chi connectivity index (χ3n) is 4.33. The molecule has 1 aliphatic rings. The van der Waals surface area contributed by atoms with Gasteiger partial charge in [-0.2, -0.15) is 0 Å². The van der Waals surface area contributed by atoms with Crippen LogP contribution in [-0.2, 0) is 4.79 Å². The molecule has 0 bridgehead atoms. The summed E-state index contributed by atoms with van der Waals surface area (Å²) in [7, 11) is 3.92. The van der Waals surface area contributed by atoms with Crippen LogP contribution in [0.15, 0.2) is 45.4 Å². The molecular weight excluding hydrogens is 352 g/mol. The van der Waals surface area contributed by atoms with Crippen LogP contribution in [0, 0.1) is 6.92 Å². The number of hydrogen-bond acceptors (Lipinski definition) is 6. The number of ketones is 1. The fraction of sp³-hybridized carbons (Fsp3) is 0.368. The highest BCUT2D eigenvalue weighted by atomic mass is 32.1. The summed E-state index contributed by atoms with van der Waals surface area (Å²) in [5.41, 5.74) is 0.0941. The fourth-order valence-corrected chi connectivity index (χ4v) is 3.79. The zero-order valence-electron chi connectivity index (χ0n) is 15.1. The highest BCUT2D eigenvalue weighted by Gasteiger charge is 2.45. The van der Waals surface area contributed by atoms with Crippen molar-refractivity contribution in [1.29, 1.82) is 0 Å². The quantitative estimate of drug-likeness (QED) is 0.754. The predicted octanol–water partition coefficient (Wildman–Crippen LogP) is 3.18. The summed E-state index contributed by atoms with van der Waals surface area (Å²) in [5, 5.41) is 12.3. The van der Waals surface area contributed by atoms with Crippen LogP contribution in [0.3, 0.4) is 0 Å². The van der Waals surface area contributed by atoms with E-state index in [1.165, 1.54) is 16.2 Å². The van der Waals surface area contributed by atoms with Gasteiger partial charge in [0.1, 0.15) is 17.6 Å². The van der Waals surface area contributed by atoms with E-state index in [0.717, 1.165) is 13.0 Å². The van der Waals surface area contributed by atoms with Gasteiger partial charge in [0.25, 0.3) is 5.91 Å². The molecule has 1 unspecified atom stereocenters. The summed E-state index contributed by atoms with van der Waals surface area (Å²) in [6.45, 7) is 3.02. The Balaban J connectivity index is 1.97. The number of aliphatic hydroxyl groups is 1. The molecule has 3 heterocycles. The number of aryl methyl sites for hydroxylation is 1. The van der Waals surface area contributed by atoms with Crippen molar-refractivity contribution in [3.05, 3.63) is 57.4 Å². The number of aliphatic hydroxyl groups excluding tert-OH is 1. The molecule has 6 nitrogen and oxygen atoms in total. The van der Waals surface area contributed by atoms with E-state index in [9.17, 15) is 14.7 Å². The zero-order valence-corrected chi connectivity index (χ0v) is 15.9. The minimum atomic E-state index is -0.701. The van der Waals surface area contributed by atoms with E-state index in [1.807, 2.05) is 19.0 Å². The van der Waals surface area contributed by atoms with Gasteiger partial charge < -0.3 is 19.3 Å². The van der Waals surface area contributed by atoms with Crippen LogP contribution in [0.4, 0.5) is 0 Å². The molecule has 26 heavy (non-hydrogen) atoms. The maximum Gasteiger partial charge on any atom is 0.290 e. The number of hydrogen-bond donors (Lipinski definition) is 1. The molecule has 0 radical (unpaired) electrons. The van der Waals surface area contributed by atoms with Gasteiger partial charge in [0.15, 0.2) is 5.76 Å². The molecule has 0 aromatic carbocycles. The summed E-state index contributed by atoms with van der Waals surface area (Å²) in [5.74, 6) is -0.158. The van der Waals surface area contributed by atoms with Crippen LogP contribution in [0.5, 0.6) is 0 Å². The second kappa shape index (κ2) is 7.47. The van der Waals surface area contributed by atoms with Crippen LogP contribution in [0.2, 0.25) is 0 Å². The minimum Gasteiger partial charge on any atom is -0.503 e. The van der Waals surface area contributed by atoms with Crippen LogP contribution in [0.1, 0.15) is 33.7 Å². The van der Waals surface area contributed by atoms with E-state index >= 15 is 0 Å². The summed E-state index contributed by atoms with van der Waals surface area (Å²) in [4.78, 5) is 29.7. The smallest absolute Gasteiger partial charge is 0.290 e. The molecule has 0 aliphatic carbocycles. The van der Waals surface area contributed by atoms with Gasteiger partial charge in [-0.15, -0.1) is 11.3 Å². The number of furan rings is 1. The van der Waals surface area contributed by atoms with Crippen LogP contribution in [0.25, 0.3) is 0 Å². The Hall–Kier alpha value is -2.38. The number of carbonyl (C=O) groups is 2.